The molecule has 10 rings (SSSR count). The van der Waals surface area contributed by atoms with Gasteiger partial charge in [0.15, 0.2) is 0 Å². The molecule has 0 saturated carbocycles. The Labute approximate surface area is 300 Å². The van der Waals surface area contributed by atoms with Gasteiger partial charge in [0, 0.05) is 49.9 Å². The van der Waals surface area contributed by atoms with Crippen molar-refractivity contribution in [3.63, 3.8) is 0 Å². The average Bonchev–Trinajstić information content (AvgIpc) is 3.76. The fourth-order valence-electron chi connectivity index (χ4n) is 7.66. The van der Waals surface area contributed by atoms with Gasteiger partial charge in [-0.1, -0.05) is 127 Å². The summed E-state index contributed by atoms with van der Waals surface area (Å²) in [5.74, 6) is -0.248. The molecule has 0 radical (unpaired) electrons. The second kappa shape index (κ2) is 12.1. The quantitative estimate of drug-likeness (QED) is 0.176. The summed E-state index contributed by atoms with van der Waals surface area (Å²) in [6, 6.07) is 64.0. The van der Waals surface area contributed by atoms with E-state index in [0.29, 0.717) is 5.52 Å². The molecule has 0 fully saturated rings. The maximum absolute atomic E-state index is 15.6. The van der Waals surface area contributed by atoms with Crippen molar-refractivity contribution in [2.45, 2.75) is 0 Å². The van der Waals surface area contributed by atoms with E-state index in [9.17, 15) is 0 Å². The van der Waals surface area contributed by atoms with Crippen LogP contribution in [0.5, 0.6) is 0 Å². The van der Waals surface area contributed by atoms with E-state index in [-0.39, 0.29) is 5.82 Å². The molecule has 0 aliphatic heterocycles. The smallest absolute Gasteiger partial charge is 0.147 e. The van der Waals surface area contributed by atoms with Gasteiger partial charge >= 0.3 is 0 Å². The normalized spacial score (nSPS) is 11.6. The van der Waals surface area contributed by atoms with Crippen molar-refractivity contribution < 1.29 is 8.81 Å². The first-order valence-electron chi connectivity index (χ1n) is 17.5. The van der Waals surface area contributed by atoms with E-state index < -0.39 is 0 Å². The van der Waals surface area contributed by atoms with E-state index >= 15 is 4.39 Å². The number of benzene rings is 8. The predicted octanol–water partition coefficient (Wildman–Crippen LogP) is 13.6. The molecule has 0 saturated heterocycles. The number of aromatic nitrogens is 1. The molecule has 52 heavy (non-hydrogen) atoms. The Bertz CT molecular complexity index is 2900. The van der Waals surface area contributed by atoms with E-state index in [2.05, 4.69) is 132 Å². The molecule has 2 heterocycles. The maximum atomic E-state index is 15.6. The molecule has 246 valence electrons. The first-order chi connectivity index (χ1) is 25.7. The Kier molecular flexibility index (Phi) is 7.00. The molecule has 10 aromatic rings. The van der Waals surface area contributed by atoms with Crippen LogP contribution in [0, 0.1) is 5.82 Å². The lowest BCUT2D eigenvalue weighted by atomic mass is 10.0. The van der Waals surface area contributed by atoms with Crippen LogP contribution in [0.25, 0.3) is 71.7 Å². The third kappa shape index (κ3) is 4.88. The third-order valence-corrected chi connectivity index (χ3v) is 10.1. The van der Waals surface area contributed by atoms with E-state index in [1.165, 1.54) is 11.6 Å². The van der Waals surface area contributed by atoms with Crippen LogP contribution in [-0.4, -0.2) is 4.57 Å². The first-order valence-corrected chi connectivity index (χ1v) is 17.5. The molecule has 0 unspecified atom stereocenters. The van der Waals surface area contributed by atoms with Crippen LogP contribution in [0.1, 0.15) is 0 Å². The summed E-state index contributed by atoms with van der Waals surface area (Å²) in [7, 11) is 0. The van der Waals surface area contributed by atoms with Gasteiger partial charge < -0.3 is 13.9 Å². The van der Waals surface area contributed by atoms with Gasteiger partial charge in [0.1, 0.15) is 17.0 Å². The fourth-order valence-corrected chi connectivity index (χ4v) is 7.66. The Morgan fingerprint density at radius 3 is 1.87 bits per heavy atom. The number of para-hydroxylation sites is 4. The van der Waals surface area contributed by atoms with Crippen molar-refractivity contribution in [1.82, 2.24) is 4.57 Å². The van der Waals surface area contributed by atoms with Crippen LogP contribution in [0.4, 0.5) is 21.5 Å². The number of hydrogen-bond donors (Lipinski definition) is 0. The number of nitrogens with zero attached hydrogens (tertiary/aromatic N) is 2. The molecule has 2 aromatic heterocycles. The van der Waals surface area contributed by atoms with Gasteiger partial charge in [-0.2, -0.15) is 0 Å². The molecule has 8 aromatic carbocycles. The van der Waals surface area contributed by atoms with E-state index in [0.717, 1.165) is 77.7 Å². The van der Waals surface area contributed by atoms with Gasteiger partial charge in [0.2, 0.25) is 0 Å². The van der Waals surface area contributed by atoms with Gasteiger partial charge in [-0.15, -0.1) is 0 Å². The lowest BCUT2D eigenvalue weighted by Crippen LogP contribution is -2.10. The summed E-state index contributed by atoms with van der Waals surface area (Å²) >= 11 is 0. The van der Waals surface area contributed by atoms with Crippen molar-refractivity contribution in [3.05, 3.63) is 194 Å². The molecular formula is C48H31FN2O. The van der Waals surface area contributed by atoms with Gasteiger partial charge in [0.25, 0.3) is 0 Å². The molecule has 0 N–H and O–H groups in total. The topological polar surface area (TPSA) is 21.3 Å². The Morgan fingerprint density at radius 1 is 0.442 bits per heavy atom. The standard InChI is InChI=1S/C48H31FN2O/c49-44-20-10-18-42-40-15-4-6-21-45(40)51(47(42)44)38-14-8-13-37(31-38)50(35-27-23-33(24-28-35)32-11-2-1-3-12-32)36-29-25-34(26-30-36)39-17-9-19-43-41-16-5-7-22-46(41)52-48(39)43/h1-31H. The summed E-state index contributed by atoms with van der Waals surface area (Å²) < 4.78 is 24.1. The zero-order chi connectivity index (χ0) is 34.6. The second-order valence-electron chi connectivity index (χ2n) is 13.1. The number of rotatable bonds is 6. The minimum atomic E-state index is -0.248. The van der Waals surface area contributed by atoms with Crippen LogP contribution < -0.4 is 4.90 Å². The summed E-state index contributed by atoms with van der Waals surface area (Å²) in [6.07, 6.45) is 0. The SMILES string of the molecule is Fc1cccc2c3ccccc3n(-c3cccc(N(c4ccc(-c5ccccc5)cc4)c4ccc(-c5cccc6c5oc5ccccc56)cc4)c3)c12. The maximum Gasteiger partial charge on any atom is 0.147 e. The van der Waals surface area contributed by atoms with Gasteiger partial charge in [-0.25, -0.2) is 4.39 Å². The Hall–Kier alpha value is -6.91. The van der Waals surface area contributed by atoms with Crippen molar-refractivity contribution in [2.24, 2.45) is 0 Å². The van der Waals surface area contributed by atoms with Crippen LogP contribution in [0.3, 0.4) is 0 Å². The molecule has 4 heteroatoms. The number of halogens is 1. The molecule has 0 aliphatic rings. The molecule has 0 amide bonds. The first kappa shape index (κ1) is 30.0. The van der Waals surface area contributed by atoms with Crippen molar-refractivity contribution >= 4 is 60.8 Å². The van der Waals surface area contributed by atoms with E-state index in [1.807, 2.05) is 53.1 Å². The highest BCUT2D eigenvalue weighted by atomic mass is 19.1. The molecule has 0 spiro atoms. The lowest BCUT2D eigenvalue weighted by molar-refractivity contribution is 0.635. The molecule has 0 bridgehead atoms. The van der Waals surface area contributed by atoms with Crippen molar-refractivity contribution in [3.8, 4) is 27.9 Å². The monoisotopic (exact) mass is 670 g/mol. The fraction of sp³-hybridized carbons (Fsp3) is 0. The van der Waals surface area contributed by atoms with Gasteiger partial charge in [-0.3, -0.25) is 0 Å². The Balaban J connectivity index is 1.12. The predicted molar refractivity (Wildman–Crippen MR) is 214 cm³/mol. The number of anilines is 3. The number of hydrogen-bond acceptors (Lipinski definition) is 2. The summed E-state index contributed by atoms with van der Waals surface area (Å²) in [6.45, 7) is 0. The van der Waals surface area contributed by atoms with Crippen molar-refractivity contribution in [1.29, 1.82) is 0 Å². The van der Waals surface area contributed by atoms with Gasteiger partial charge in [0.05, 0.1) is 11.0 Å². The molecule has 0 aliphatic carbocycles. The number of furan rings is 1. The number of fused-ring (bicyclic) bond motifs is 6. The van der Waals surface area contributed by atoms with E-state index in [1.54, 1.807) is 6.07 Å². The minimum Gasteiger partial charge on any atom is -0.455 e. The van der Waals surface area contributed by atoms with Gasteiger partial charge in [-0.05, 0) is 77.4 Å². The van der Waals surface area contributed by atoms with Crippen LogP contribution >= 0.6 is 0 Å². The summed E-state index contributed by atoms with van der Waals surface area (Å²) in [5, 5.41) is 4.13. The minimum absolute atomic E-state index is 0.248. The van der Waals surface area contributed by atoms with E-state index in [4.69, 9.17) is 4.42 Å². The zero-order valence-corrected chi connectivity index (χ0v) is 28.1. The largest absolute Gasteiger partial charge is 0.455 e. The molecule has 3 nitrogen and oxygen atoms in total. The van der Waals surface area contributed by atoms with Crippen LogP contribution in [-0.2, 0) is 0 Å². The Morgan fingerprint density at radius 2 is 1.06 bits per heavy atom. The van der Waals surface area contributed by atoms with Crippen LogP contribution in [0.15, 0.2) is 192 Å². The zero-order valence-electron chi connectivity index (χ0n) is 28.1. The highest BCUT2D eigenvalue weighted by Crippen LogP contribution is 2.41. The summed E-state index contributed by atoms with van der Waals surface area (Å²) in [4.78, 5) is 2.26. The van der Waals surface area contributed by atoms with Crippen LogP contribution in [0.2, 0.25) is 0 Å². The highest BCUT2D eigenvalue weighted by Gasteiger charge is 2.19. The molecular weight excluding hydrogens is 640 g/mol. The lowest BCUT2D eigenvalue weighted by Gasteiger charge is -2.26. The highest BCUT2D eigenvalue weighted by molar-refractivity contribution is 6.10. The second-order valence-corrected chi connectivity index (χ2v) is 13.1. The van der Waals surface area contributed by atoms with Crippen molar-refractivity contribution in [2.75, 3.05) is 4.90 Å². The molecule has 0 atom stereocenters. The third-order valence-electron chi connectivity index (χ3n) is 10.1. The average molecular weight is 671 g/mol. The summed E-state index contributed by atoms with van der Waals surface area (Å²) in [5.41, 5.74) is 11.6.